The van der Waals surface area contributed by atoms with Crippen molar-refractivity contribution in [3.05, 3.63) is 11.5 Å². The molecule has 0 radical (unpaired) electrons. The van der Waals surface area contributed by atoms with Crippen molar-refractivity contribution in [1.29, 1.82) is 0 Å². The molecule has 0 saturated carbocycles. The van der Waals surface area contributed by atoms with E-state index < -0.39 is 12.0 Å². The molecule has 0 amide bonds. The number of nitrogens with zero attached hydrogens (tertiary/aromatic N) is 1. The average Bonchev–Trinajstić information content (AvgIpc) is 1.67. The maximum absolute atomic E-state index is 9.88. The monoisotopic (exact) mass is 114 g/mol. The highest BCUT2D eigenvalue weighted by atomic mass is 16.4. The molecule has 0 aromatic rings. The molecule has 4 heteroatoms. The first-order valence-electron chi connectivity index (χ1n) is 2.03. The van der Waals surface area contributed by atoms with Crippen molar-refractivity contribution in [3.8, 4) is 0 Å². The summed E-state index contributed by atoms with van der Waals surface area (Å²) in [6.45, 7) is 7.58. The summed E-state index contributed by atoms with van der Waals surface area (Å²) in [7, 11) is 0. The number of aliphatic carboxylic acids is 1. The largest absolute Gasteiger partial charge is 0.480 e. The summed E-state index contributed by atoms with van der Waals surface area (Å²) in [5.41, 5.74) is 2.04. The maximum Gasteiger partial charge on any atom is 0.332 e. The molecule has 0 unspecified atom stereocenters. The number of hydrogen-bond acceptors (Lipinski definition) is 2. The SMILES string of the molecule is [C-]#[N+]N[C@@H](C)C(=O)O. The van der Waals surface area contributed by atoms with E-state index in [2.05, 4.69) is 4.95 Å². The summed E-state index contributed by atoms with van der Waals surface area (Å²) < 4.78 is 0. The zero-order valence-electron chi connectivity index (χ0n) is 4.38. The molecular weight excluding hydrogens is 108 g/mol. The van der Waals surface area contributed by atoms with Gasteiger partial charge in [-0.3, -0.25) is 0 Å². The number of carbonyl (C=O) groups is 1. The lowest BCUT2D eigenvalue weighted by atomic mass is 10.4. The summed E-state index contributed by atoms with van der Waals surface area (Å²) in [5, 5.41) is 8.11. The van der Waals surface area contributed by atoms with Gasteiger partial charge in [0.25, 0.3) is 0 Å². The third-order valence-electron chi connectivity index (χ3n) is 0.629. The Kier molecular flexibility index (Phi) is 2.41. The van der Waals surface area contributed by atoms with Crippen LogP contribution in [-0.2, 0) is 4.79 Å². The first-order chi connectivity index (χ1) is 3.68. The zero-order valence-corrected chi connectivity index (χ0v) is 4.38. The van der Waals surface area contributed by atoms with Crippen molar-refractivity contribution in [1.82, 2.24) is 5.43 Å². The van der Waals surface area contributed by atoms with E-state index in [0.717, 1.165) is 0 Å². The molecule has 1 atom stereocenters. The summed E-state index contributed by atoms with van der Waals surface area (Å²) in [6.07, 6.45) is 0. The number of carboxylic acids is 1. The highest BCUT2D eigenvalue weighted by Crippen LogP contribution is 1.77. The van der Waals surface area contributed by atoms with Gasteiger partial charge in [-0.1, -0.05) is 0 Å². The fraction of sp³-hybridized carbons (Fsp3) is 0.500. The van der Waals surface area contributed by atoms with Crippen molar-refractivity contribution >= 4 is 5.97 Å². The minimum atomic E-state index is -1.01. The molecule has 2 N–H and O–H groups in total. The minimum absolute atomic E-state index is 0.771. The molecule has 0 aliphatic rings. The van der Waals surface area contributed by atoms with Crippen LogP contribution in [0.2, 0.25) is 0 Å². The first kappa shape index (κ1) is 6.76. The van der Waals surface area contributed by atoms with Crippen LogP contribution in [0.3, 0.4) is 0 Å². The Morgan fingerprint density at radius 2 is 2.50 bits per heavy atom. The van der Waals surface area contributed by atoms with Crippen molar-refractivity contribution in [2.75, 3.05) is 0 Å². The van der Waals surface area contributed by atoms with E-state index in [1.165, 1.54) is 6.92 Å². The predicted octanol–water partition coefficient (Wildman–Crippen LogP) is -0.117. The lowest BCUT2D eigenvalue weighted by Gasteiger charge is -1.94. The van der Waals surface area contributed by atoms with Crippen molar-refractivity contribution < 1.29 is 9.90 Å². The van der Waals surface area contributed by atoms with Crippen molar-refractivity contribution in [2.24, 2.45) is 0 Å². The zero-order chi connectivity index (χ0) is 6.57. The lowest BCUT2D eigenvalue weighted by Crippen LogP contribution is -2.28. The fourth-order valence-electron chi connectivity index (χ4n) is 0.152. The van der Waals surface area contributed by atoms with Crippen LogP contribution >= 0.6 is 0 Å². The molecule has 0 rings (SSSR count). The van der Waals surface area contributed by atoms with Gasteiger partial charge < -0.3 is 5.11 Å². The van der Waals surface area contributed by atoms with Gasteiger partial charge in [-0.05, 0) is 6.92 Å². The molecule has 4 nitrogen and oxygen atoms in total. The third-order valence-corrected chi connectivity index (χ3v) is 0.629. The molecule has 0 saturated heterocycles. The van der Waals surface area contributed by atoms with Gasteiger partial charge in [0.1, 0.15) is 0 Å². The summed E-state index contributed by atoms with van der Waals surface area (Å²) >= 11 is 0. The Labute approximate surface area is 46.9 Å². The van der Waals surface area contributed by atoms with Crippen LogP contribution in [0.15, 0.2) is 0 Å². The molecule has 0 aliphatic carbocycles. The normalized spacial score (nSPS) is 11.5. The van der Waals surface area contributed by atoms with Crippen LogP contribution in [0, 0.1) is 6.57 Å². The highest BCUT2D eigenvalue weighted by Gasteiger charge is 2.10. The molecule has 0 aromatic carbocycles. The number of rotatable bonds is 2. The number of hydrogen-bond donors (Lipinski definition) is 2. The Balaban J connectivity index is 3.52. The summed E-state index contributed by atoms with van der Waals surface area (Å²) in [5.74, 6) is -1.01. The van der Waals surface area contributed by atoms with E-state index in [-0.39, 0.29) is 0 Å². The van der Waals surface area contributed by atoms with Crippen LogP contribution < -0.4 is 5.43 Å². The van der Waals surface area contributed by atoms with Crippen molar-refractivity contribution in [2.45, 2.75) is 13.0 Å². The van der Waals surface area contributed by atoms with Gasteiger partial charge in [-0.15, -0.1) is 5.43 Å². The third kappa shape index (κ3) is 2.03. The van der Waals surface area contributed by atoms with Crippen LogP contribution in [0.1, 0.15) is 6.92 Å². The maximum atomic E-state index is 9.88. The van der Waals surface area contributed by atoms with E-state index in [4.69, 9.17) is 11.7 Å². The van der Waals surface area contributed by atoms with E-state index >= 15 is 0 Å². The van der Waals surface area contributed by atoms with Gasteiger partial charge in [0, 0.05) is 0 Å². The van der Waals surface area contributed by atoms with Gasteiger partial charge >= 0.3 is 5.97 Å². The number of carboxylic acid groups (broad SMARTS) is 1. The molecule has 0 fully saturated rings. The van der Waals surface area contributed by atoms with Crippen LogP contribution in [0.4, 0.5) is 0 Å². The second-order valence-electron chi connectivity index (χ2n) is 1.30. The van der Waals surface area contributed by atoms with Crippen LogP contribution in [-0.4, -0.2) is 17.1 Å². The van der Waals surface area contributed by atoms with Gasteiger partial charge in [-0.2, -0.15) is 11.5 Å². The van der Waals surface area contributed by atoms with Gasteiger partial charge in [0.2, 0.25) is 0 Å². The van der Waals surface area contributed by atoms with Crippen molar-refractivity contribution in [3.63, 3.8) is 0 Å². The van der Waals surface area contributed by atoms with E-state index in [9.17, 15) is 4.79 Å². The predicted molar refractivity (Wildman–Crippen MR) is 26.8 cm³/mol. The van der Waals surface area contributed by atoms with Crippen LogP contribution in [0.25, 0.3) is 4.95 Å². The molecule has 0 heterocycles. The standard InChI is InChI=1S/C4H6N2O2/c1-3(4(7)8)6-5-2/h3,6H,1H3,(H,7,8)/t3-/m0/s1. The Morgan fingerprint density at radius 3 is 2.62 bits per heavy atom. The van der Waals surface area contributed by atoms with Crippen LogP contribution in [0.5, 0.6) is 0 Å². The van der Waals surface area contributed by atoms with E-state index in [1.54, 1.807) is 0 Å². The summed E-state index contributed by atoms with van der Waals surface area (Å²) in [6, 6.07) is -0.771. The molecule has 8 heavy (non-hydrogen) atoms. The smallest absolute Gasteiger partial charge is 0.332 e. The Bertz CT molecular complexity index is 126. The molecule has 0 spiro atoms. The highest BCUT2D eigenvalue weighted by molar-refractivity contribution is 5.72. The Morgan fingerprint density at radius 1 is 2.00 bits per heavy atom. The molecule has 44 valence electrons. The fourth-order valence-corrected chi connectivity index (χ4v) is 0.152. The van der Waals surface area contributed by atoms with Gasteiger partial charge in [0.15, 0.2) is 6.04 Å². The average molecular weight is 114 g/mol. The summed E-state index contributed by atoms with van der Waals surface area (Å²) in [4.78, 5) is 12.6. The Hall–Kier alpha value is -1.24. The first-order valence-corrected chi connectivity index (χ1v) is 2.03. The second-order valence-corrected chi connectivity index (χ2v) is 1.30. The lowest BCUT2D eigenvalue weighted by molar-refractivity contribution is -0.138. The van der Waals surface area contributed by atoms with E-state index in [1.807, 2.05) is 5.43 Å². The molecule has 0 aliphatic heterocycles. The van der Waals surface area contributed by atoms with Gasteiger partial charge in [0.05, 0.1) is 0 Å². The second kappa shape index (κ2) is 2.86. The molecular formula is C4H6N2O2. The number of nitrogens with one attached hydrogen (secondary N) is 1. The van der Waals surface area contributed by atoms with Gasteiger partial charge in [-0.25, -0.2) is 4.79 Å². The van der Waals surface area contributed by atoms with E-state index in [0.29, 0.717) is 0 Å². The topological polar surface area (TPSA) is 53.7 Å². The molecule has 0 aromatic heterocycles. The molecule has 0 bridgehead atoms. The minimum Gasteiger partial charge on any atom is -0.480 e. The quantitative estimate of drug-likeness (QED) is 0.389.